The molecule has 0 fully saturated rings. The van der Waals surface area contributed by atoms with E-state index < -0.39 is 5.60 Å². The minimum absolute atomic E-state index is 0.514. The summed E-state index contributed by atoms with van der Waals surface area (Å²) < 4.78 is 0. The Morgan fingerprint density at radius 3 is 2.42 bits per heavy atom. The Balaban J connectivity index is 2.67. The molecule has 0 aliphatic heterocycles. The topological polar surface area (TPSA) is 72.8 Å². The first-order valence-electron chi connectivity index (χ1n) is 8.80. The number of rotatable bonds is 10. The minimum atomic E-state index is -0.668. The molecule has 6 nitrogen and oxygen atoms in total. The highest BCUT2D eigenvalue weighted by Gasteiger charge is 2.24. The number of thiazole rings is 1. The monoisotopic (exact) mass is 355 g/mol. The Kier molecular flexibility index (Phi) is 9.07. The fourth-order valence-corrected chi connectivity index (χ4v) is 3.31. The summed E-state index contributed by atoms with van der Waals surface area (Å²) in [6.45, 7) is 8.06. The molecule has 0 bridgehead atoms. The molecule has 1 rings (SSSR count). The molecule has 1 aromatic heterocycles. The number of anilines is 1. The fraction of sp³-hybridized carbons (Fsp3) is 0.765. The van der Waals surface area contributed by atoms with Crippen molar-refractivity contribution in [1.29, 1.82) is 0 Å². The Morgan fingerprint density at radius 1 is 1.25 bits per heavy atom. The van der Waals surface area contributed by atoms with Crippen molar-refractivity contribution in [3.63, 3.8) is 0 Å². The normalized spacial score (nSPS) is 12.3. The maximum atomic E-state index is 10.7. The summed E-state index contributed by atoms with van der Waals surface area (Å²) in [6, 6.07) is 0. The Bertz CT molecular complexity index is 495. The summed E-state index contributed by atoms with van der Waals surface area (Å²) in [4.78, 5) is 11.1. The molecule has 0 saturated heterocycles. The van der Waals surface area contributed by atoms with Crippen molar-refractivity contribution in [1.82, 2.24) is 15.6 Å². The van der Waals surface area contributed by atoms with Gasteiger partial charge in [0, 0.05) is 32.6 Å². The summed E-state index contributed by atoms with van der Waals surface area (Å²) in [5.41, 5.74) is 0.289. The van der Waals surface area contributed by atoms with E-state index >= 15 is 0 Å². The van der Waals surface area contributed by atoms with E-state index in [1.54, 1.807) is 11.3 Å². The predicted molar refractivity (Wildman–Crippen MR) is 104 cm³/mol. The van der Waals surface area contributed by atoms with Gasteiger partial charge in [0.25, 0.3) is 0 Å². The van der Waals surface area contributed by atoms with Crippen LogP contribution in [-0.2, 0) is 6.54 Å². The number of nitrogens with zero attached hydrogens (tertiary/aromatic N) is 3. The molecule has 24 heavy (non-hydrogen) atoms. The van der Waals surface area contributed by atoms with Gasteiger partial charge in [-0.05, 0) is 19.8 Å². The van der Waals surface area contributed by atoms with Crippen molar-refractivity contribution in [3.8, 4) is 0 Å². The second-order valence-corrected chi connectivity index (χ2v) is 7.13. The molecule has 0 spiro atoms. The second kappa shape index (κ2) is 10.5. The largest absolute Gasteiger partial charge is 0.388 e. The quantitative estimate of drug-likeness (QED) is 0.444. The molecule has 0 unspecified atom stereocenters. The van der Waals surface area contributed by atoms with Gasteiger partial charge >= 0.3 is 0 Å². The van der Waals surface area contributed by atoms with Crippen LogP contribution in [0.3, 0.4) is 0 Å². The SMILES string of the molecule is CCCC(O)(CCC)CNC(=NCc1csc(N(C)C)n1)NCC. The molecule has 0 saturated carbocycles. The zero-order valence-corrected chi connectivity index (χ0v) is 16.5. The number of nitrogens with one attached hydrogen (secondary N) is 2. The lowest BCUT2D eigenvalue weighted by atomic mass is 9.93. The van der Waals surface area contributed by atoms with Crippen molar-refractivity contribution in [2.45, 2.75) is 58.6 Å². The molecule has 7 heteroatoms. The van der Waals surface area contributed by atoms with Gasteiger partial charge in [-0.15, -0.1) is 11.3 Å². The molecule has 0 radical (unpaired) electrons. The van der Waals surface area contributed by atoms with Crippen LogP contribution in [0.15, 0.2) is 10.4 Å². The summed E-state index contributed by atoms with van der Waals surface area (Å²) in [5, 5.41) is 20.3. The highest BCUT2D eigenvalue weighted by molar-refractivity contribution is 7.13. The number of hydrogen-bond donors (Lipinski definition) is 3. The molecular weight excluding hydrogens is 322 g/mol. The van der Waals surface area contributed by atoms with Crippen molar-refractivity contribution >= 4 is 22.4 Å². The van der Waals surface area contributed by atoms with Gasteiger partial charge < -0.3 is 20.6 Å². The van der Waals surface area contributed by atoms with Crippen LogP contribution in [0.2, 0.25) is 0 Å². The predicted octanol–water partition coefficient (Wildman–Crippen LogP) is 2.60. The Labute approximate surface area is 150 Å². The van der Waals surface area contributed by atoms with E-state index in [1.165, 1.54) is 0 Å². The third kappa shape index (κ3) is 7.05. The lowest BCUT2D eigenvalue weighted by Gasteiger charge is -2.28. The van der Waals surface area contributed by atoms with Gasteiger partial charge in [0.15, 0.2) is 11.1 Å². The zero-order chi connectivity index (χ0) is 18.0. The van der Waals surface area contributed by atoms with E-state index in [-0.39, 0.29) is 0 Å². The van der Waals surface area contributed by atoms with Gasteiger partial charge in [-0.3, -0.25) is 0 Å². The second-order valence-electron chi connectivity index (χ2n) is 6.29. The van der Waals surface area contributed by atoms with Crippen molar-refractivity contribution < 1.29 is 5.11 Å². The average molecular weight is 356 g/mol. The molecule has 138 valence electrons. The highest BCUT2D eigenvalue weighted by atomic mass is 32.1. The van der Waals surface area contributed by atoms with E-state index in [4.69, 9.17) is 0 Å². The van der Waals surface area contributed by atoms with Crippen molar-refractivity contribution in [2.24, 2.45) is 4.99 Å². The van der Waals surface area contributed by atoms with Gasteiger partial charge in [-0.25, -0.2) is 9.98 Å². The average Bonchev–Trinajstić information content (AvgIpc) is 3.00. The smallest absolute Gasteiger partial charge is 0.191 e. The molecule has 0 amide bonds. The lowest BCUT2D eigenvalue weighted by Crippen LogP contribution is -2.47. The number of guanidine groups is 1. The fourth-order valence-electron chi connectivity index (χ4n) is 2.56. The van der Waals surface area contributed by atoms with Crippen LogP contribution in [0.5, 0.6) is 0 Å². The standard InChI is InChI=1S/C17H33N5OS/c1-6-9-17(23,10-7-2)13-20-15(18-8-3)19-11-14-12-24-16(21-14)22(4)5/h12,23H,6-11,13H2,1-5H3,(H2,18,19,20). The van der Waals surface area contributed by atoms with Gasteiger partial charge in [0.05, 0.1) is 17.8 Å². The van der Waals surface area contributed by atoms with E-state index in [9.17, 15) is 5.11 Å². The van der Waals surface area contributed by atoms with Crippen molar-refractivity contribution in [2.75, 3.05) is 32.1 Å². The van der Waals surface area contributed by atoms with Gasteiger partial charge in [-0.1, -0.05) is 26.7 Å². The Hall–Kier alpha value is -1.34. The number of aromatic nitrogens is 1. The summed E-state index contributed by atoms with van der Waals surface area (Å²) in [5.74, 6) is 0.725. The first-order chi connectivity index (χ1) is 11.4. The third-order valence-electron chi connectivity index (χ3n) is 3.68. The lowest BCUT2D eigenvalue weighted by molar-refractivity contribution is 0.0257. The maximum Gasteiger partial charge on any atom is 0.191 e. The molecule has 3 N–H and O–H groups in total. The van der Waals surface area contributed by atoms with Crippen molar-refractivity contribution in [3.05, 3.63) is 11.1 Å². The first-order valence-corrected chi connectivity index (χ1v) is 9.68. The molecule has 1 heterocycles. The van der Waals surface area contributed by atoms with Crippen LogP contribution in [0.4, 0.5) is 5.13 Å². The zero-order valence-electron chi connectivity index (χ0n) is 15.7. The molecule has 0 aromatic carbocycles. The van der Waals surface area contributed by atoms with E-state index in [0.717, 1.165) is 49.0 Å². The highest BCUT2D eigenvalue weighted by Crippen LogP contribution is 2.19. The number of hydrogen-bond acceptors (Lipinski definition) is 5. The van der Waals surface area contributed by atoms with Crippen LogP contribution < -0.4 is 15.5 Å². The van der Waals surface area contributed by atoms with Gasteiger partial charge in [-0.2, -0.15) is 0 Å². The molecule has 1 aromatic rings. The molecule has 0 aliphatic rings. The minimum Gasteiger partial charge on any atom is -0.388 e. The summed E-state index contributed by atoms with van der Waals surface area (Å²) >= 11 is 1.62. The maximum absolute atomic E-state index is 10.7. The van der Waals surface area contributed by atoms with Crippen LogP contribution >= 0.6 is 11.3 Å². The van der Waals surface area contributed by atoms with Gasteiger partial charge in [0.2, 0.25) is 0 Å². The Morgan fingerprint density at radius 2 is 1.92 bits per heavy atom. The number of aliphatic imine (C=N–C) groups is 1. The number of aliphatic hydroxyl groups is 1. The first kappa shape index (κ1) is 20.7. The molecular formula is C17H33N5OS. The van der Waals surface area contributed by atoms with E-state index in [2.05, 4.69) is 34.5 Å². The van der Waals surface area contributed by atoms with Crippen LogP contribution in [0, 0.1) is 0 Å². The van der Waals surface area contributed by atoms with Crippen LogP contribution in [0.25, 0.3) is 0 Å². The molecule has 0 atom stereocenters. The van der Waals surface area contributed by atoms with Gasteiger partial charge in [0.1, 0.15) is 0 Å². The van der Waals surface area contributed by atoms with Crippen LogP contribution in [-0.4, -0.2) is 48.8 Å². The summed E-state index contributed by atoms with van der Waals surface area (Å²) in [6.07, 6.45) is 3.53. The summed E-state index contributed by atoms with van der Waals surface area (Å²) in [7, 11) is 3.97. The third-order valence-corrected chi connectivity index (χ3v) is 4.74. The van der Waals surface area contributed by atoms with Crippen LogP contribution in [0.1, 0.15) is 52.1 Å². The van der Waals surface area contributed by atoms with E-state index in [1.807, 2.05) is 31.3 Å². The van der Waals surface area contributed by atoms with E-state index in [0.29, 0.717) is 13.1 Å². The molecule has 0 aliphatic carbocycles.